The van der Waals surface area contributed by atoms with E-state index in [9.17, 15) is 34.8 Å². The number of ether oxygens (including phenoxy) is 4. The second-order valence-corrected chi connectivity index (χ2v) is 25.3. The molecular weight excluding hydrogens is 1170 g/mol. The lowest BCUT2D eigenvalue weighted by atomic mass is 9.85. The molecule has 1 aliphatic carbocycles. The molecule has 2 aliphatic rings. The van der Waals surface area contributed by atoms with Crippen molar-refractivity contribution in [1.29, 1.82) is 5.41 Å². The topological polar surface area (TPSA) is 244 Å². The standard InChI is InChI=1S/C71H87N9O10S/c1-49-65(91-48-76-49)55-25-23-51(24-26-55)44-74-69(85)59-43-58(82)46-78(59)70(86)66(71(2,3)4)77-61(84)32-35-88-37-39-90-41-40-89-38-36-87-34-31-60(83)73-33-14-6-5-9-16-50-17-15-18-52(42-50)45-79-64(54-21-12-8-13-22-54)62(53-19-10-7-11-20-53)63-67(72)80(47-75-68(63)79)56-27-29-57(81)30-28-56/h7-8,10-13,15,17-26,42,47-48,56-59,66,72,81-82H,5-6,14,27-41,43-46H2,1-4H3,(H,73,83)(H,74,85)(H,77,84)/t56?,57?,58-,59+,66-/m1/s1. The summed E-state index contributed by atoms with van der Waals surface area (Å²) in [6.45, 7) is 11.2. The summed E-state index contributed by atoms with van der Waals surface area (Å²) in [5.74, 6) is 5.44. The van der Waals surface area contributed by atoms with Crippen molar-refractivity contribution in [3.05, 3.63) is 149 Å². The number of nitrogens with zero attached hydrogens (tertiary/aromatic N) is 5. The smallest absolute Gasteiger partial charge is 0.246 e. The van der Waals surface area contributed by atoms with E-state index in [2.05, 4.69) is 73.7 Å². The highest BCUT2D eigenvalue weighted by Crippen LogP contribution is 2.40. The summed E-state index contributed by atoms with van der Waals surface area (Å²) in [5, 5.41) is 40.1. The van der Waals surface area contributed by atoms with Gasteiger partial charge in [0.25, 0.3) is 0 Å². The number of aliphatic hydroxyl groups is 2. The van der Waals surface area contributed by atoms with E-state index in [4.69, 9.17) is 23.9 Å². The van der Waals surface area contributed by atoms with Crippen LogP contribution in [0, 0.1) is 29.6 Å². The Kier molecular flexibility index (Phi) is 24.8. The van der Waals surface area contributed by atoms with Crippen LogP contribution in [0.2, 0.25) is 0 Å². The predicted molar refractivity (Wildman–Crippen MR) is 351 cm³/mol. The number of unbranched alkanes of at least 4 members (excludes halogenated alkanes) is 2. The first-order chi connectivity index (χ1) is 44.1. The van der Waals surface area contributed by atoms with Gasteiger partial charge in [-0.1, -0.05) is 130 Å². The van der Waals surface area contributed by atoms with Crippen molar-refractivity contribution in [3.8, 4) is 44.7 Å². The van der Waals surface area contributed by atoms with E-state index in [0.29, 0.717) is 70.9 Å². The van der Waals surface area contributed by atoms with E-state index in [0.717, 1.165) is 91.9 Å². The van der Waals surface area contributed by atoms with Crippen LogP contribution < -0.4 is 21.4 Å². The maximum Gasteiger partial charge on any atom is 0.246 e. The average molecular weight is 1260 g/mol. The summed E-state index contributed by atoms with van der Waals surface area (Å²) in [6.07, 6.45) is 6.39. The third kappa shape index (κ3) is 18.9. The Hall–Kier alpha value is -7.87. The van der Waals surface area contributed by atoms with Gasteiger partial charge in [-0.05, 0) is 90.8 Å². The van der Waals surface area contributed by atoms with Crippen LogP contribution in [0.25, 0.3) is 43.9 Å². The molecule has 20 heteroatoms. The molecule has 4 heterocycles. The van der Waals surface area contributed by atoms with Gasteiger partial charge in [-0.15, -0.1) is 11.3 Å². The zero-order chi connectivity index (χ0) is 64.1. The van der Waals surface area contributed by atoms with Crippen LogP contribution in [0.1, 0.15) is 113 Å². The molecule has 3 aromatic heterocycles. The molecule has 482 valence electrons. The number of fused-ring (bicyclic) bond motifs is 1. The van der Waals surface area contributed by atoms with Gasteiger partial charge in [-0.25, -0.2) is 9.97 Å². The molecule has 6 N–H and O–H groups in total. The van der Waals surface area contributed by atoms with Crippen LogP contribution in [0.15, 0.2) is 121 Å². The Balaban J connectivity index is 0.612. The monoisotopic (exact) mass is 1260 g/mol. The molecule has 0 spiro atoms. The number of hydrogen-bond donors (Lipinski definition) is 6. The van der Waals surface area contributed by atoms with E-state index in [1.54, 1.807) is 11.3 Å². The summed E-state index contributed by atoms with van der Waals surface area (Å²) in [6, 6.07) is 35.1. The van der Waals surface area contributed by atoms with Crippen LogP contribution in [0.4, 0.5) is 0 Å². The predicted octanol–water partition coefficient (Wildman–Crippen LogP) is 8.90. The van der Waals surface area contributed by atoms with Crippen molar-refractivity contribution in [2.24, 2.45) is 5.41 Å². The van der Waals surface area contributed by atoms with Gasteiger partial charge in [0.05, 0.1) is 98.6 Å². The second kappa shape index (κ2) is 33.4. The molecule has 0 bridgehead atoms. The highest BCUT2D eigenvalue weighted by Gasteiger charge is 2.44. The minimum atomic E-state index is -0.940. The van der Waals surface area contributed by atoms with E-state index in [1.165, 1.54) is 4.90 Å². The minimum Gasteiger partial charge on any atom is -0.393 e. The Bertz CT molecular complexity index is 3640. The number of likely N-dealkylation sites (tertiary alicyclic amines) is 1. The van der Waals surface area contributed by atoms with E-state index in [1.807, 2.05) is 117 Å². The zero-order valence-corrected chi connectivity index (χ0v) is 53.6. The third-order valence-electron chi connectivity index (χ3n) is 16.5. The first-order valence-corrected chi connectivity index (χ1v) is 32.7. The van der Waals surface area contributed by atoms with Crippen molar-refractivity contribution in [2.75, 3.05) is 65.9 Å². The number of benzene rings is 4. The van der Waals surface area contributed by atoms with Crippen molar-refractivity contribution in [3.63, 3.8) is 0 Å². The fraction of sp³-hybridized carbons (Fsp3) is 0.451. The molecule has 91 heavy (non-hydrogen) atoms. The number of thiazole rings is 1. The molecule has 1 aliphatic heterocycles. The Morgan fingerprint density at radius 2 is 1.37 bits per heavy atom. The molecule has 4 amide bonds. The number of hydrogen-bond acceptors (Lipinski definition) is 14. The Morgan fingerprint density at radius 3 is 2.02 bits per heavy atom. The van der Waals surface area contributed by atoms with Crippen LogP contribution in [0.3, 0.4) is 0 Å². The SMILES string of the molecule is Cc1ncsc1-c1ccc(CNC(=O)[C@@H]2C[C@@H](O)CN2C(=O)[C@@H](NC(=O)CCOCCOCCOCCOCCC(=O)NCCCCC#Cc2cccc(Cn3c(-c4ccccc4)c(-c4ccccc4)c4c(=N)n(C5CCC(O)CC5)cnc43)c2)C(C)(C)C)cc1. The molecular formula is C71H87N9O10S. The second-order valence-electron chi connectivity index (χ2n) is 24.4. The maximum atomic E-state index is 14.0. The number of nitrogens with one attached hydrogen (secondary N) is 4. The molecule has 2 fully saturated rings. The Morgan fingerprint density at radius 1 is 0.725 bits per heavy atom. The van der Waals surface area contributed by atoms with Crippen LogP contribution in [-0.4, -0.2) is 148 Å². The van der Waals surface area contributed by atoms with Crippen LogP contribution in [0.5, 0.6) is 0 Å². The highest BCUT2D eigenvalue weighted by molar-refractivity contribution is 7.13. The fourth-order valence-corrected chi connectivity index (χ4v) is 12.5. The van der Waals surface area contributed by atoms with E-state index >= 15 is 0 Å². The maximum absolute atomic E-state index is 14.0. The molecule has 1 saturated heterocycles. The first kappa shape index (κ1) is 67.5. The number of aliphatic hydroxyl groups excluding tert-OH is 2. The van der Waals surface area contributed by atoms with Gasteiger partial charge in [0.15, 0.2) is 0 Å². The number of β-amino-alcohol motifs (C(OH)–C–C–N with tert-alkyl or cyclic N) is 1. The summed E-state index contributed by atoms with van der Waals surface area (Å²) in [5.41, 5.74) is 11.2. The molecule has 0 unspecified atom stereocenters. The molecule has 4 aromatic carbocycles. The van der Waals surface area contributed by atoms with Crippen molar-refractivity contribution in [2.45, 2.75) is 135 Å². The lowest BCUT2D eigenvalue weighted by Crippen LogP contribution is -2.57. The van der Waals surface area contributed by atoms with Gasteiger partial charge in [0.1, 0.15) is 23.2 Å². The number of carbonyl (C=O) groups excluding carboxylic acids is 4. The van der Waals surface area contributed by atoms with Crippen molar-refractivity contribution < 1.29 is 48.3 Å². The molecule has 7 aromatic rings. The minimum absolute atomic E-state index is 0.0128. The van der Waals surface area contributed by atoms with Gasteiger partial charge in [-0.3, -0.25) is 24.6 Å². The lowest BCUT2D eigenvalue weighted by molar-refractivity contribution is -0.144. The molecule has 1 saturated carbocycles. The summed E-state index contributed by atoms with van der Waals surface area (Å²) in [7, 11) is 0. The van der Waals surface area contributed by atoms with Gasteiger partial charge >= 0.3 is 0 Å². The largest absolute Gasteiger partial charge is 0.393 e. The number of carbonyl (C=O) groups is 4. The van der Waals surface area contributed by atoms with E-state index in [-0.39, 0.29) is 82.0 Å². The number of amides is 4. The average Bonchev–Trinajstić information content (AvgIpc) is 1.59. The van der Waals surface area contributed by atoms with Crippen LogP contribution >= 0.6 is 11.3 Å². The van der Waals surface area contributed by atoms with E-state index < -0.39 is 29.5 Å². The lowest BCUT2D eigenvalue weighted by Gasteiger charge is -2.35. The molecule has 3 atom stereocenters. The van der Waals surface area contributed by atoms with Crippen molar-refractivity contribution in [1.82, 2.24) is 40.0 Å². The summed E-state index contributed by atoms with van der Waals surface area (Å²) >= 11 is 1.57. The van der Waals surface area contributed by atoms with Gasteiger partial charge < -0.3 is 59.1 Å². The van der Waals surface area contributed by atoms with Gasteiger partial charge in [-0.2, -0.15) is 0 Å². The van der Waals surface area contributed by atoms with Crippen LogP contribution in [-0.2, 0) is 51.2 Å². The molecule has 9 rings (SSSR count). The van der Waals surface area contributed by atoms with Gasteiger partial charge in [0, 0.05) is 69.0 Å². The first-order valence-electron chi connectivity index (χ1n) is 31.8. The quantitative estimate of drug-likeness (QED) is 0.0183. The normalized spacial score (nSPS) is 16.9. The fourth-order valence-electron chi connectivity index (χ4n) is 11.7. The highest BCUT2D eigenvalue weighted by atomic mass is 32.1. The van der Waals surface area contributed by atoms with Crippen molar-refractivity contribution >= 4 is 46.0 Å². The number of rotatable bonds is 30. The zero-order valence-electron chi connectivity index (χ0n) is 52.8. The Labute approximate surface area is 537 Å². The summed E-state index contributed by atoms with van der Waals surface area (Å²) in [4.78, 5) is 64.9. The van der Waals surface area contributed by atoms with Gasteiger partial charge in [0.2, 0.25) is 23.6 Å². The number of aromatic nitrogens is 4. The third-order valence-corrected chi connectivity index (χ3v) is 17.5. The summed E-state index contributed by atoms with van der Waals surface area (Å²) < 4.78 is 26.7. The molecule has 19 nitrogen and oxygen atoms in total. The molecule has 0 radical (unpaired) electrons. The number of aryl methyl sites for hydroxylation is 1.